The maximum absolute atomic E-state index is 11.3. The van der Waals surface area contributed by atoms with E-state index in [-0.39, 0.29) is 11.3 Å². The van der Waals surface area contributed by atoms with Crippen molar-refractivity contribution in [1.29, 1.82) is 5.26 Å². The Morgan fingerprint density at radius 2 is 2.27 bits per heavy atom. The molecule has 0 aliphatic heterocycles. The van der Waals surface area contributed by atoms with Crippen molar-refractivity contribution in [2.45, 2.75) is 0 Å². The summed E-state index contributed by atoms with van der Waals surface area (Å²) in [5, 5.41) is 20.6. The molecule has 0 atom stereocenters. The van der Waals surface area contributed by atoms with Gasteiger partial charge in [-0.25, -0.2) is 0 Å². The Hall–Kier alpha value is -1.69. The molecular formula is C8H4IN3O3. The first kappa shape index (κ1) is 11.4. The van der Waals surface area contributed by atoms with Crippen LogP contribution in [-0.4, -0.2) is 10.8 Å². The number of carbonyl (C=O) groups is 1. The van der Waals surface area contributed by atoms with Crippen molar-refractivity contribution in [3.8, 4) is 6.19 Å². The van der Waals surface area contributed by atoms with Crippen LogP contribution in [0.3, 0.4) is 0 Å². The molecule has 0 unspecified atom stereocenters. The van der Waals surface area contributed by atoms with Crippen molar-refractivity contribution >= 4 is 34.2 Å². The summed E-state index contributed by atoms with van der Waals surface area (Å²) in [6, 6.07) is 3.88. The van der Waals surface area contributed by atoms with Gasteiger partial charge in [0.25, 0.3) is 11.6 Å². The van der Waals surface area contributed by atoms with Crippen LogP contribution in [0, 0.1) is 25.1 Å². The summed E-state index contributed by atoms with van der Waals surface area (Å²) in [5.41, 5.74) is -0.0649. The smallest absolute Gasteiger partial charge is 0.268 e. The highest BCUT2D eigenvalue weighted by Crippen LogP contribution is 2.19. The molecule has 0 saturated carbocycles. The first-order valence-corrected chi connectivity index (χ1v) is 4.77. The molecule has 7 heteroatoms. The van der Waals surface area contributed by atoms with Gasteiger partial charge >= 0.3 is 0 Å². The van der Waals surface area contributed by atoms with Gasteiger partial charge in [0.1, 0.15) is 0 Å². The molecule has 0 heterocycles. The number of nitriles is 1. The molecule has 76 valence electrons. The first-order valence-electron chi connectivity index (χ1n) is 3.69. The van der Waals surface area contributed by atoms with E-state index in [9.17, 15) is 14.9 Å². The number of nitrogens with one attached hydrogen (secondary N) is 1. The summed E-state index contributed by atoms with van der Waals surface area (Å²) in [6.07, 6.45) is 1.47. The molecule has 1 aromatic rings. The van der Waals surface area contributed by atoms with Gasteiger partial charge in [-0.2, -0.15) is 5.26 Å². The molecule has 15 heavy (non-hydrogen) atoms. The molecular weight excluding hydrogens is 313 g/mol. The second-order valence-corrected chi connectivity index (χ2v) is 3.65. The molecule has 0 aliphatic carbocycles. The number of benzene rings is 1. The van der Waals surface area contributed by atoms with Crippen LogP contribution >= 0.6 is 22.6 Å². The normalized spacial score (nSPS) is 9.07. The van der Waals surface area contributed by atoms with Gasteiger partial charge in [0.2, 0.25) is 0 Å². The average molecular weight is 317 g/mol. The number of amides is 1. The zero-order chi connectivity index (χ0) is 11.4. The van der Waals surface area contributed by atoms with Crippen LogP contribution in [-0.2, 0) is 0 Å². The van der Waals surface area contributed by atoms with Gasteiger partial charge in [0.05, 0.1) is 10.5 Å². The van der Waals surface area contributed by atoms with E-state index in [0.717, 1.165) is 6.07 Å². The molecule has 1 rings (SSSR count). The lowest BCUT2D eigenvalue weighted by Crippen LogP contribution is -2.18. The maximum atomic E-state index is 11.3. The van der Waals surface area contributed by atoms with Gasteiger partial charge in [0, 0.05) is 15.7 Å². The standard InChI is InChI=1S/C8H4IN3O3/c9-7-2-1-5(12(14)15)3-6(7)8(13)11-4-10/h1-3H,(H,11,13). The Labute approximate surface area is 98.2 Å². The predicted molar refractivity (Wildman–Crippen MR) is 58.9 cm³/mol. The van der Waals surface area contributed by atoms with Gasteiger partial charge in [-0.15, -0.1) is 0 Å². The Balaban J connectivity index is 3.17. The fraction of sp³-hybridized carbons (Fsp3) is 0. The fourth-order valence-electron chi connectivity index (χ4n) is 0.919. The SMILES string of the molecule is N#CNC(=O)c1cc([N+](=O)[O-])ccc1I. The van der Waals surface area contributed by atoms with E-state index in [0.29, 0.717) is 3.57 Å². The van der Waals surface area contributed by atoms with Crippen LogP contribution in [0.5, 0.6) is 0 Å². The lowest BCUT2D eigenvalue weighted by Gasteiger charge is -2.00. The topological polar surface area (TPSA) is 96.0 Å². The van der Waals surface area contributed by atoms with E-state index < -0.39 is 10.8 Å². The number of halogens is 1. The van der Waals surface area contributed by atoms with Crippen LogP contribution in [0.25, 0.3) is 0 Å². The summed E-state index contributed by atoms with van der Waals surface area (Å²) < 4.78 is 0.547. The van der Waals surface area contributed by atoms with Crippen molar-refractivity contribution in [1.82, 2.24) is 5.32 Å². The van der Waals surface area contributed by atoms with Crippen molar-refractivity contribution in [3.63, 3.8) is 0 Å². The lowest BCUT2D eigenvalue weighted by atomic mass is 10.2. The van der Waals surface area contributed by atoms with Crippen LogP contribution in [0.1, 0.15) is 10.4 Å². The van der Waals surface area contributed by atoms with E-state index in [1.807, 2.05) is 27.9 Å². The van der Waals surface area contributed by atoms with Crippen molar-refractivity contribution < 1.29 is 9.72 Å². The number of nitrogens with zero attached hydrogens (tertiary/aromatic N) is 2. The van der Waals surface area contributed by atoms with E-state index in [4.69, 9.17) is 5.26 Å². The molecule has 1 aromatic carbocycles. The third kappa shape index (κ3) is 2.63. The Morgan fingerprint density at radius 1 is 1.60 bits per heavy atom. The van der Waals surface area contributed by atoms with Gasteiger partial charge in [0.15, 0.2) is 6.19 Å². The Kier molecular flexibility index (Phi) is 3.56. The summed E-state index contributed by atoms with van der Waals surface area (Å²) in [4.78, 5) is 21.1. The van der Waals surface area contributed by atoms with Gasteiger partial charge in [-0.3, -0.25) is 20.2 Å². The number of hydrogen-bond donors (Lipinski definition) is 1. The molecule has 0 spiro atoms. The number of non-ortho nitro benzene ring substituents is 1. The summed E-state index contributed by atoms with van der Waals surface area (Å²) in [7, 11) is 0. The number of hydrogen-bond acceptors (Lipinski definition) is 4. The molecule has 1 N–H and O–H groups in total. The maximum Gasteiger partial charge on any atom is 0.270 e. The number of carbonyl (C=O) groups excluding carboxylic acids is 1. The number of rotatable bonds is 2. The zero-order valence-corrected chi connectivity index (χ0v) is 9.39. The third-order valence-electron chi connectivity index (χ3n) is 1.57. The minimum absolute atomic E-state index is 0.117. The Morgan fingerprint density at radius 3 is 2.80 bits per heavy atom. The molecule has 0 fully saturated rings. The minimum atomic E-state index is -0.648. The monoisotopic (exact) mass is 317 g/mol. The highest BCUT2D eigenvalue weighted by molar-refractivity contribution is 14.1. The van der Waals surface area contributed by atoms with Crippen molar-refractivity contribution in [2.75, 3.05) is 0 Å². The highest BCUT2D eigenvalue weighted by Gasteiger charge is 2.14. The van der Waals surface area contributed by atoms with E-state index in [1.165, 1.54) is 18.3 Å². The van der Waals surface area contributed by atoms with E-state index >= 15 is 0 Å². The summed E-state index contributed by atoms with van der Waals surface area (Å²) >= 11 is 1.86. The number of nitro groups is 1. The van der Waals surface area contributed by atoms with Crippen molar-refractivity contribution in [2.24, 2.45) is 0 Å². The van der Waals surface area contributed by atoms with Crippen LogP contribution in [0.15, 0.2) is 18.2 Å². The predicted octanol–water partition coefficient (Wildman–Crippen LogP) is 1.41. The van der Waals surface area contributed by atoms with Gasteiger partial charge in [-0.05, 0) is 28.7 Å². The molecule has 0 aliphatic rings. The Bertz CT molecular complexity index is 467. The highest BCUT2D eigenvalue weighted by atomic mass is 127. The second-order valence-electron chi connectivity index (χ2n) is 2.49. The second kappa shape index (κ2) is 4.70. The summed E-state index contributed by atoms with van der Waals surface area (Å²) in [6.45, 7) is 0. The summed E-state index contributed by atoms with van der Waals surface area (Å²) in [5.74, 6) is -0.648. The lowest BCUT2D eigenvalue weighted by molar-refractivity contribution is -0.384. The molecule has 0 aromatic heterocycles. The van der Waals surface area contributed by atoms with Gasteiger partial charge in [-0.1, -0.05) is 0 Å². The van der Waals surface area contributed by atoms with Crippen molar-refractivity contribution in [3.05, 3.63) is 37.4 Å². The van der Waals surface area contributed by atoms with Crippen LogP contribution < -0.4 is 5.32 Å². The first-order chi connectivity index (χ1) is 7.06. The van der Waals surface area contributed by atoms with Crippen LogP contribution in [0.2, 0.25) is 0 Å². The molecule has 6 nitrogen and oxygen atoms in total. The van der Waals surface area contributed by atoms with E-state index in [2.05, 4.69) is 0 Å². The molecule has 0 bridgehead atoms. The number of nitro benzene ring substituents is 1. The van der Waals surface area contributed by atoms with Gasteiger partial charge < -0.3 is 0 Å². The average Bonchev–Trinajstić information content (AvgIpc) is 2.18. The molecule has 0 radical (unpaired) electrons. The van der Waals surface area contributed by atoms with Crippen LogP contribution in [0.4, 0.5) is 5.69 Å². The zero-order valence-electron chi connectivity index (χ0n) is 7.23. The third-order valence-corrected chi connectivity index (χ3v) is 2.52. The largest absolute Gasteiger partial charge is 0.270 e. The minimum Gasteiger partial charge on any atom is -0.268 e. The molecule has 1 amide bonds. The quantitative estimate of drug-likeness (QED) is 0.293. The fourth-order valence-corrected chi connectivity index (χ4v) is 1.50. The molecule has 0 saturated heterocycles. The van der Waals surface area contributed by atoms with E-state index in [1.54, 1.807) is 0 Å².